The standard InChI is InChI=1S/C20H24O5/c1-4-14-12-20(18(22)24-5-2,19(23)25-6-3)13-16(14)17(21)15-10-8-7-9-11-15/h7-11H,4-6,12-13H2,1-3H3. The normalized spacial score (nSPS) is 15.8. The van der Waals surface area contributed by atoms with Crippen molar-refractivity contribution >= 4 is 17.7 Å². The van der Waals surface area contributed by atoms with Gasteiger partial charge in [0.05, 0.1) is 13.2 Å². The largest absolute Gasteiger partial charge is 0.465 e. The van der Waals surface area contributed by atoms with Crippen molar-refractivity contribution in [1.29, 1.82) is 0 Å². The molecule has 134 valence electrons. The molecular formula is C20H24O5. The highest BCUT2D eigenvalue weighted by molar-refractivity contribution is 6.12. The number of carbonyl (C=O) groups is 3. The molecular weight excluding hydrogens is 320 g/mol. The monoisotopic (exact) mass is 344 g/mol. The first kappa shape index (κ1) is 18.9. The lowest BCUT2D eigenvalue weighted by atomic mass is 9.83. The van der Waals surface area contributed by atoms with E-state index in [4.69, 9.17) is 9.47 Å². The molecule has 5 nitrogen and oxygen atoms in total. The van der Waals surface area contributed by atoms with E-state index in [0.29, 0.717) is 17.6 Å². The van der Waals surface area contributed by atoms with Gasteiger partial charge in [0, 0.05) is 17.6 Å². The van der Waals surface area contributed by atoms with Crippen molar-refractivity contribution in [3.05, 3.63) is 47.0 Å². The zero-order valence-corrected chi connectivity index (χ0v) is 15.0. The van der Waals surface area contributed by atoms with E-state index >= 15 is 0 Å². The van der Waals surface area contributed by atoms with E-state index in [1.54, 1.807) is 38.1 Å². The van der Waals surface area contributed by atoms with Gasteiger partial charge in [-0.1, -0.05) is 42.8 Å². The Hall–Kier alpha value is -2.43. The van der Waals surface area contributed by atoms with Crippen LogP contribution in [0.25, 0.3) is 0 Å². The molecule has 0 unspecified atom stereocenters. The molecule has 0 amide bonds. The molecule has 0 spiro atoms. The van der Waals surface area contributed by atoms with Crippen LogP contribution in [0.5, 0.6) is 0 Å². The van der Waals surface area contributed by atoms with Crippen molar-refractivity contribution in [2.75, 3.05) is 13.2 Å². The first-order valence-electron chi connectivity index (χ1n) is 8.65. The lowest BCUT2D eigenvalue weighted by molar-refractivity contribution is -0.171. The van der Waals surface area contributed by atoms with Gasteiger partial charge in [-0.15, -0.1) is 0 Å². The molecule has 0 heterocycles. The van der Waals surface area contributed by atoms with E-state index in [1.807, 2.05) is 13.0 Å². The number of esters is 2. The molecule has 5 heteroatoms. The van der Waals surface area contributed by atoms with Crippen LogP contribution in [0, 0.1) is 5.41 Å². The number of ether oxygens (including phenoxy) is 2. The summed E-state index contributed by atoms with van der Waals surface area (Å²) in [6.45, 7) is 5.64. The molecule has 25 heavy (non-hydrogen) atoms. The summed E-state index contributed by atoms with van der Waals surface area (Å²) in [4.78, 5) is 38.1. The van der Waals surface area contributed by atoms with E-state index in [-0.39, 0.29) is 31.8 Å². The number of hydrogen-bond acceptors (Lipinski definition) is 5. The van der Waals surface area contributed by atoms with Crippen molar-refractivity contribution in [2.45, 2.75) is 40.0 Å². The van der Waals surface area contributed by atoms with Crippen LogP contribution in [0.2, 0.25) is 0 Å². The van der Waals surface area contributed by atoms with E-state index in [1.165, 1.54) is 0 Å². The Labute approximate surface area is 148 Å². The maximum absolute atomic E-state index is 12.9. The van der Waals surface area contributed by atoms with Crippen LogP contribution in [0.1, 0.15) is 50.4 Å². The summed E-state index contributed by atoms with van der Waals surface area (Å²) in [5.74, 6) is -1.38. The summed E-state index contributed by atoms with van der Waals surface area (Å²) < 4.78 is 10.3. The lowest BCUT2D eigenvalue weighted by Crippen LogP contribution is -2.40. The van der Waals surface area contributed by atoms with E-state index in [9.17, 15) is 14.4 Å². The highest BCUT2D eigenvalue weighted by atomic mass is 16.6. The van der Waals surface area contributed by atoms with Gasteiger partial charge in [0.1, 0.15) is 0 Å². The number of carbonyl (C=O) groups excluding carboxylic acids is 3. The van der Waals surface area contributed by atoms with Crippen LogP contribution in [-0.4, -0.2) is 30.9 Å². The fourth-order valence-electron chi connectivity index (χ4n) is 3.21. The Bertz CT molecular complexity index is 669. The SMILES string of the molecule is CCOC(=O)C1(C(=O)OCC)CC(CC)=C(C(=O)c2ccccc2)C1. The zero-order valence-electron chi connectivity index (χ0n) is 15.0. The van der Waals surface area contributed by atoms with Gasteiger partial charge in [0.2, 0.25) is 0 Å². The van der Waals surface area contributed by atoms with Crippen molar-refractivity contribution in [3.8, 4) is 0 Å². The average Bonchev–Trinajstić information content (AvgIpc) is 3.03. The summed E-state index contributed by atoms with van der Waals surface area (Å²) in [5.41, 5.74) is 0.439. The van der Waals surface area contributed by atoms with Gasteiger partial charge >= 0.3 is 11.9 Å². The summed E-state index contributed by atoms with van der Waals surface area (Å²) >= 11 is 0. The van der Waals surface area contributed by atoms with Gasteiger partial charge in [0.25, 0.3) is 0 Å². The second kappa shape index (κ2) is 8.10. The van der Waals surface area contributed by atoms with Gasteiger partial charge in [-0.2, -0.15) is 0 Å². The predicted octanol–water partition coefficient (Wildman–Crippen LogP) is 3.48. The van der Waals surface area contributed by atoms with Crippen LogP contribution in [0.3, 0.4) is 0 Å². The predicted molar refractivity (Wildman–Crippen MR) is 93.0 cm³/mol. The first-order chi connectivity index (χ1) is 12.0. The Morgan fingerprint density at radius 3 is 1.96 bits per heavy atom. The number of Topliss-reactive ketones (excluding diaryl/α,β-unsaturated/α-hetero) is 1. The number of allylic oxidation sites excluding steroid dienone is 2. The van der Waals surface area contributed by atoms with Gasteiger partial charge in [-0.05, 0) is 26.7 Å². The molecule has 0 atom stereocenters. The molecule has 0 radical (unpaired) electrons. The summed E-state index contributed by atoms with van der Waals surface area (Å²) in [6, 6.07) is 8.88. The minimum atomic E-state index is -1.45. The van der Waals surface area contributed by atoms with Gasteiger partial charge in [-0.3, -0.25) is 14.4 Å². The van der Waals surface area contributed by atoms with Crippen molar-refractivity contribution in [2.24, 2.45) is 5.41 Å². The molecule has 0 aromatic heterocycles. The lowest BCUT2D eigenvalue weighted by Gasteiger charge is -2.25. The maximum atomic E-state index is 12.9. The molecule has 0 N–H and O–H groups in total. The minimum absolute atomic E-state index is 0.0293. The second-order valence-electron chi connectivity index (χ2n) is 6.01. The third-order valence-electron chi connectivity index (χ3n) is 4.49. The van der Waals surface area contributed by atoms with E-state index in [0.717, 1.165) is 5.57 Å². The molecule has 1 aliphatic carbocycles. The van der Waals surface area contributed by atoms with Crippen molar-refractivity contribution < 1.29 is 23.9 Å². The number of rotatable bonds is 7. The molecule has 2 rings (SSSR count). The van der Waals surface area contributed by atoms with Crippen molar-refractivity contribution in [3.63, 3.8) is 0 Å². The Morgan fingerprint density at radius 1 is 0.920 bits per heavy atom. The maximum Gasteiger partial charge on any atom is 0.324 e. The molecule has 1 aliphatic rings. The van der Waals surface area contributed by atoms with Gasteiger partial charge in [0.15, 0.2) is 11.2 Å². The van der Waals surface area contributed by atoms with Crippen LogP contribution in [-0.2, 0) is 19.1 Å². The van der Waals surface area contributed by atoms with Crippen LogP contribution in [0.4, 0.5) is 0 Å². The van der Waals surface area contributed by atoms with E-state index in [2.05, 4.69) is 0 Å². The van der Waals surface area contributed by atoms with Gasteiger partial charge in [-0.25, -0.2) is 0 Å². The molecule has 0 bridgehead atoms. The first-order valence-corrected chi connectivity index (χ1v) is 8.65. The Kier molecular flexibility index (Phi) is 6.12. The number of hydrogen-bond donors (Lipinski definition) is 0. The average molecular weight is 344 g/mol. The summed E-state index contributed by atoms with van der Waals surface area (Å²) in [7, 11) is 0. The molecule has 0 aliphatic heterocycles. The van der Waals surface area contributed by atoms with Crippen molar-refractivity contribution in [1.82, 2.24) is 0 Å². The summed E-state index contributed by atoms with van der Waals surface area (Å²) in [5, 5.41) is 0. The third-order valence-corrected chi connectivity index (χ3v) is 4.49. The van der Waals surface area contributed by atoms with Crippen LogP contribution in [0.15, 0.2) is 41.5 Å². The molecule has 0 saturated heterocycles. The Morgan fingerprint density at radius 2 is 1.48 bits per heavy atom. The van der Waals surface area contributed by atoms with Crippen LogP contribution < -0.4 is 0 Å². The zero-order chi connectivity index (χ0) is 18.4. The quantitative estimate of drug-likeness (QED) is 0.430. The fourth-order valence-corrected chi connectivity index (χ4v) is 3.21. The molecule has 0 fully saturated rings. The number of ketones is 1. The smallest absolute Gasteiger partial charge is 0.324 e. The third kappa shape index (κ3) is 3.65. The Balaban J connectivity index is 2.40. The number of benzene rings is 1. The van der Waals surface area contributed by atoms with Crippen LogP contribution >= 0.6 is 0 Å². The highest BCUT2D eigenvalue weighted by Crippen LogP contribution is 2.46. The minimum Gasteiger partial charge on any atom is -0.465 e. The highest BCUT2D eigenvalue weighted by Gasteiger charge is 2.54. The second-order valence-corrected chi connectivity index (χ2v) is 6.01. The summed E-state index contributed by atoms with van der Waals surface area (Å²) in [6.07, 6.45) is 0.797. The molecule has 1 aromatic rings. The van der Waals surface area contributed by atoms with E-state index < -0.39 is 17.4 Å². The topological polar surface area (TPSA) is 69.7 Å². The van der Waals surface area contributed by atoms with Gasteiger partial charge < -0.3 is 9.47 Å². The molecule has 0 saturated carbocycles. The molecule has 1 aromatic carbocycles. The fraction of sp³-hybridized carbons (Fsp3) is 0.450.